The smallest absolute Gasteiger partial charge is 0.159 e. The summed E-state index contributed by atoms with van der Waals surface area (Å²) in [5.41, 5.74) is 6.33. The van der Waals surface area contributed by atoms with E-state index in [4.69, 9.17) is 9.40 Å². The topological polar surface area (TPSA) is 63.3 Å². The molecule has 4 nitrogen and oxygen atoms in total. The number of aryl methyl sites for hydroxylation is 1. The van der Waals surface area contributed by atoms with Gasteiger partial charge in [0.05, 0.1) is 11.3 Å². The van der Waals surface area contributed by atoms with Crippen molar-refractivity contribution in [2.45, 2.75) is 79.1 Å². The van der Waals surface area contributed by atoms with Crippen molar-refractivity contribution in [3.8, 4) is 11.3 Å². The second-order valence-electron chi connectivity index (χ2n) is 12.6. The van der Waals surface area contributed by atoms with Crippen molar-refractivity contribution in [2.24, 2.45) is 11.8 Å². The maximum Gasteiger partial charge on any atom is 0.159 e. The second kappa shape index (κ2) is 14.5. The molecule has 5 aromatic rings. The average molecular weight is 753 g/mol. The van der Waals surface area contributed by atoms with Crippen molar-refractivity contribution < 1.29 is 34.4 Å². The van der Waals surface area contributed by atoms with Gasteiger partial charge in [0.1, 0.15) is 5.58 Å². The van der Waals surface area contributed by atoms with E-state index >= 15 is 0 Å². The van der Waals surface area contributed by atoms with Crippen LogP contribution in [0, 0.1) is 24.8 Å². The molecule has 227 valence electrons. The van der Waals surface area contributed by atoms with Gasteiger partial charge >= 0.3 is 0 Å². The van der Waals surface area contributed by atoms with E-state index in [-0.39, 0.29) is 31.6 Å². The molecule has 43 heavy (non-hydrogen) atoms. The maximum atomic E-state index is 11.2. The van der Waals surface area contributed by atoms with Crippen LogP contribution in [0.2, 0.25) is 0 Å². The van der Waals surface area contributed by atoms with Crippen LogP contribution in [0.25, 0.3) is 44.0 Å². The van der Waals surface area contributed by atoms with Gasteiger partial charge < -0.3 is 14.5 Å². The zero-order valence-electron chi connectivity index (χ0n) is 25.9. The van der Waals surface area contributed by atoms with Crippen LogP contribution in [0.15, 0.2) is 77.0 Å². The van der Waals surface area contributed by atoms with Crippen molar-refractivity contribution in [1.82, 2.24) is 4.98 Å². The molecule has 5 heteroatoms. The van der Waals surface area contributed by atoms with Gasteiger partial charge in [0.2, 0.25) is 0 Å². The Bertz CT molecular complexity index is 1740. The minimum absolute atomic E-state index is 0. The number of rotatable bonds is 7. The Balaban J connectivity index is 0.000000260. The summed E-state index contributed by atoms with van der Waals surface area (Å²) in [5.74, 6) is 1.69. The van der Waals surface area contributed by atoms with Gasteiger partial charge in [0, 0.05) is 50.6 Å². The van der Waals surface area contributed by atoms with E-state index < -0.39 is 0 Å². The minimum atomic E-state index is 0. The zero-order chi connectivity index (χ0) is 29.8. The van der Waals surface area contributed by atoms with Crippen LogP contribution < -0.4 is 0 Å². The molecule has 1 radical (unpaired) electrons. The van der Waals surface area contributed by atoms with E-state index in [9.17, 15) is 9.90 Å². The third kappa shape index (κ3) is 7.63. The van der Waals surface area contributed by atoms with Gasteiger partial charge in [0.15, 0.2) is 5.78 Å². The van der Waals surface area contributed by atoms with Crippen LogP contribution in [0.4, 0.5) is 0 Å². The van der Waals surface area contributed by atoms with Crippen LogP contribution in [0.3, 0.4) is 0 Å². The van der Waals surface area contributed by atoms with Gasteiger partial charge in [-0.25, -0.2) is 0 Å². The number of para-hydroxylation sites is 1. The number of fused-ring (bicyclic) bond motifs is 4. The third-order valence-electron chi connectivity index (χ3n) is 8.06. The monoisotopic (exact) mass is 753 g/mol. The molecule has 0 atom stereocenters. The number of aliphatic hydroxyl groups is 1. The van der Waals surface area contributed by atoms with E-state index in [2.05, 4.69) is 55.5 Å². The Morgan fingerprint density at radius 3 is 2.47 bits per heavy atom. The molecular weight excluding hydrogens is 711 g/mol. The van der Waals surface area contributed by atoms with Gasteiger partial charge in [-0.1, -0.05) is 94.8 Å². The standard InChI is InChI=1S/C27H22NO.C11H20O2.Ir/c1-17-10-12-23(27-25(17)22-8-4-5-9-24(22)29-27)26-21-13-11-19(18-6-2-3-7-18)16-20(21)14-15-28-26;1-8(2)5-10(12)7-11(13)6-9(3)4;/h4-5,8-11,13-16,18H,2-3,6-7H2,1H3;7-9,12H,5-6H2,1-4H3;/q-1;;/b;10-7-;. The molecule has 3 aromatic carbocycles. The summed E-state index contributed by atoms with van der Waals surface area (Å²) in [7, 11) is 0. The molecule has 1 aliphatic carbocycles. The Labute approximate surface area is 268 Å². The van der Waals surface area contributed by atoms with Crippen molar-refractivity contribution in [3.63, 3.8) is 0 Å². The molecule has 2 aromatic heterocycles. The molecule has 6 rings (SSSR count). The fourth-order valence-corrected chi connectivity index (χ4v) is 6.14. The number of carbonyl (C=O) groups excluding carboxylic acids is 1. The number of aliphatic hydroxyl groups excluding tert-OH is 1. The van der Waals surface area contributed by atoms with Gasteiger partial charge in [-0.3, -0.25) is 4.79 Å². The summed E-state index contributed by atoms with van der Waals surface area (Å²) in [6, 6.07) is 22.8. The number of carbonyl (C=O) groups is 1. The quantitative estimate of drug-likeness (QED) is 0.102. The summed E-state index contributed by atoms with van der Waals surface area (Å²) < 4.78 is 6.30. The molecule has 1 fully saturated rings. The number of pyridine rings is 1. The Morgan fingerprint density at radius 2 is 1.74 bits per heavy atom. The summed E-state index contributed by atoms with van der Waals surface area (Å²) in [6.45, 7) is 10.1. The number of aromatic nitrogens is 1. The fourth-order valence-electron chi connectivity index (χ4n) is 6.14. The third-order valence-corrected chi connectivity index (χ3v) is 8.06. The molecule has 0 spiro atoms. The number of nitrogens with zero attached hydrogens (tertiary/aromatic N) is 1. The van der Waals surface area contributed by atoms with Crippen LogP contribution in [0.5, 0.6) is 0 Å². The van der Waals surface area contributed by atoms with E-state index in [1.54, 1.807) is 0 Å². The van der Waals surface area contributed by atoms with Crippen LogP contribution in [-0.4, -0.2) is 15.9 Å². The van der Waals surface area contributed by atoms with E-state index in [0.717, 1.165) is 38.6 Å². The van der Waals surface area contributed by atoms with Gasteiger partial charge in [-0.15, -0.1) is 17.7 Å². The first-order chi connectivity index (χ1) is 20.2. The largest absolute Gasteiger partial charge is 0.512 e. The molecule has 0 unspecified atom stereocenters. The van der Waals surface area contributed by atoms with E-state index in [1.807, 2.05) is 46.0 Å². The van der Waals surface area contributed by atoms with E-state index in [1.165, 1.54) is 48.3 Å². The van der Waals surface area contributed by atoms with Crippen molar-refractivity contribution in [2.75, 3.05) is 0 Å². The van der Waals surface area contributed by atoms with Gasteiger partial charge in [-0.2, -0.15) is 0 Å². The van der Waals surface area contributed by atoms with Crippen molar-refractivity contribution in [1.29, 1.82) is 0 Å². The van der Waals surface area contributed by atoms with Crippen LogP contribution in [-0.2, 0) is 24.9 Å². The number of furan rings is 1. The van der Waals surface area contributed by atoms with Crippen LogP contribution >= 0.6 is 0 Å². The molecule has 2 heterocycles. The number of hydrogen-bond acceptors (Lipinski definition) is 4. The Kier molecular flexibility index (Phi) is 11.0. The fraction of sp³-hybridized carbons (Fsp3) is 0.368. The predicted molar refractivity (Wildman–Crippen MR) is 174 cm³/mol. The second-order valence-corrected chi connectivity index (χ2v) is 12.6. The molecule has 0 amide bonds. The summed E-state index contributed by atoms with van der Waals surface area (Å²) >= 11 is 0. The van der Waals surface area contributed by atoms with E-state index in [0.29, 0.717) is 30.6 Å². The molecule has 1 aliphatic rings. The molecule has 1 saturated carbocycles. The number of hydrogen-bond donors (Lipinski definition) is 1. The first-order valence-corrected chi connectivity index (χ1v) is 15.3. The van der Waals surface area contributed by atoms with Crippen molar-refractivity contribution in [3.05, 3.63) is 89.8 Å². The number of ketones is 1. The molecular formula is C38H42IrNO3-. The maximum absolute atomic E-state index is 11.2. The molecule has 0 bridgehead atoms. The first-order valence-electron chi connectivity index (χ1n) is 15.3. The Morgan fingerprint density at radius 1 is 1.02 bits per heavy atom. The van der Waals surface area contributed by atoms with Crippen molar-refractivity contribution >= 4 is 38.5 Å². The van der Waals surface area contributed by atoms with Gasteiger partial charge in [-0.05, 0) is 64.8 Å². The predicted octanol–water partition coefficient (Wildman–Crippen LogP) is 10.7. The summed E-state index contributed by atoms with van der Waals surface area (Å²) in [5, 5.41) is 14.1. The summed E-state index contributed by atoms with van der Waals surface area (Å²) in [4.78, 5) is 16.0. The average Bonchev–Trinajstić information content (AvgIpc) is 3.61. The molecule has 1 N–H and O–H groups in total. The molecule has 0 aliphatic heterocycles. The Hall–Kier alpha value is -3.27. The number of allylic oxidation sites excluding steroid dienone is 2. The van der Waals surface area contributed by atoms with Crippen LogP contribution in [0.1, 0.15) is 83.3 Å². The minimum Gasteiger partial charge on any atom is -0.512 e. The normalized spacial score (nSPS) is 14.0. The summed E-state index contributed by atoms with van der Waals surface area (Å²) in [6.07, 6.45) is 9.72. The molecule has 0 saturated heterocycles. The first kappa shape index (κ1) is 32.6. The van der Waals surface area contributed by atoms with Gasteiger partial charge in [0.25, 0.3) is 0 Å². The number of benzene rings is 3. The zero-order valence-corrected chi connectivity index (χ0v) is 28.3. The SMILES string of the molecule is CC(C)CC(=O)/C=C(\O)CC(C)C.Cc1c[c-]c(-c2nccc3cc(C4CCCC4)ccc23)c2oc3ccccc3c12.[Ir].